The van der Waals surface area contributed by atoms with Gasteiger partial charge in [-0.05, 0) is 43.7 Å². The summed E-state index contributed by atoms with van der Waals surface area (Å²) in [5, 5.41) is 8.80. The Morgan fingerprint density at radius 1 is 1.10 bits per heavy atom. The third-order valence-electron chi connectivity index (χ3n) is 3.10. The van der Waals surface area contributed by atoms with Crippen LogP contribution in [0, 0.1) is 13.8 Å². The molecule has 0 saturated carbocycles. The SMILES string of the molecule is Cc1ccc(C(=O)c2ccc(SCCO)cc2)c(C)c1. The number of ketones is 1. The van der Waals surface area contributed by atoms with Crippen molar-refractivity contribution in [1.82, 2.24) is 0 Å². The number of hydrogen-bond donors (Lipinski definition) is 1. The van der Waals surface area contributed by atoms with Crippen LogP contribution in [0.2, 0.25) is 0 Å². The average Bonchev–Trinajstić information content (AvgIpc) is 2.45. The molecule has 0 fully saturated rings. The van der Waals surface area contributed by atoms with Gasteiger partial charge in [0.05, 0.1) is 6.61 Å². The molecule has 0 amide bonds. The van der Waals surface area contributed by atoms with Crippen molar-refractivity contribution in [1.29, 1.82) is 0 Å². The smallest absolute Gasteiger partial charge is 0.193 e. The predicted molar refractivity (Wildman–Crippen MR) is 83.6 cm³/mol. The number of carbonyl (C=O) groups is 1. The number of rotatable bonds is 5. The highest BCUT2D eigenvalue weighted by molar-refractivity contribution is 7.99. The standard InChI is InChI=1S/C17H18O2S/c1-12-3-8-16(13(2)11-12)17(19)14-4-6-15(7-5-14)20-10-9-18/h3-8,11,18H,9-10H2,1-2H3. The second-order valence-electron chi connectivity index (χ2n) is 4.74. The van der Waals surface area contributed by atoms with Crippen molar-refractivity contribution in [2.75, 3.05) is 12.4 Å². The zero-order chi connectivity index (χ0) is 14.5. The number of hydrogen-bond acceptors (Lipinski definition) is 3. The van der Waals surface area contributed by atoms with Gasteiger partial charge in [0, 0.05) is 21.8 Å². The molecule has 20 heavy (non-hydrogen) atoms. The quantitative estimate of drug-likeness (QED) is 0.674. The zero-order valence-corrected chi connectivity index (χ0v) is 12.5. The van der Waals surface area contributed by atoms with Gasteiger partial charge < -0.3 is 5.11 Å². The Kier molecular flexibility index (Phi) is 4.99. The third kappa shape index (κ3) is 3.50. The maximum absolute atomic E-state index is 12.5. The van der Waals surface area contributed by atoms with E-state index in [1.54, 1.807) is 11.8 Å². The van der Waals surface area contributed by atoms with E-state index in [0.717, 1.165) is 21.6 Å². The van der Waals surface area contributed by atoms with Crippen LogP contribution in [0.4, 0.5) is 0 Å². The second kappa shape index (κ2) is 6.73. The van der Waals surface area contributed by atoms with E-state index in [2.05, 4.69) is 0 Å². The second-order valence-corrected chi connectivity index (χ2v) is 5.91. The van der Waals surface area contributed by atoms with Gasteiger partial charge in [-0.15, -0.1) is 11.8 Å². The molecule has 0 atom stereocenters. The Morgan fingerprint density at radius 3 is 2.40 bits per heavy atom. The summed E-state index contributed by atoms with van der Waals surface area (Å²) in [6.07, 6.45) is 0. The Labute approximate surface area is 123 Å². The minimum Gasteiger partial charge on any atom is -0.396 e. The van der Waals surface area contributed by atoms with E-state index in [1.807, 2.05) is 56.3 Å². The summed E-state index contributed by atoms with van der Waals surface area (Å²) in [6.45, 7) is 4.15. The van der Waals surface area contributed by atoms with Crippen LogP contribution in [-0.4, -0.2) is 23.2 Å². The van der Waals surface area contributed by atoms with Crippen molar-refractivity contribution >= 4 is 17.5 Å². The summed E-state index contributed by atoms with van der Waals surface area (Å²) in [6, 6.07) is 13.4. The molecule has 1 N–H and O–H groups in total. The minimum atomic E-state index is 0.0567. The maximum atomic E-state index is 12.5. The fourth-order valence-corrected chi connectivity index (χ4v) is 2.75. The first-order chi connectivity index (χ1) is 9.61. The fraction of sp³-hybridized carbons (Fsp3) is 0.235. The van der Waals surface area contributed by atoms with Crippen LogP contribution in [0.5, 0.6) is 0 Å². The van der Waals surface area contributed by atoms with E-state index in [-0.39, 0.29) is 12.4 Å². The minimum absolute atomic E-state index is 0.0567. The highest BCUT2D eigenvalue weighted by Crippen LogP contribution is 2.20. The number of benzene rings is 2. The molecule has 0 unspecified atom stereocenters. The lowest BCUT2D eigenvalue weighted by molar-refractivity contribution is 0.103. The molecule has 2 aromatic carbocycles. The molecule has 0 heterocycles. The van der Waals surface area contributed by atoms with Gasteiger partial charge in [0.15, 0.2) is 5.78 Å². The van der Waals surface area contributed by atoms with Crippen LogP contribution < -0.4 is 0 Å². The van der Waals surface area contributed by atoms with Crippen LogP contribution in [0.25, 0.3) is 0 Å². The highest BCUT2D eigenvalue weighted by atomic mass is 32.2. The lowest BCUT2D eigenvalue weighted by Gasteiger charge is -2.07. The monoisotopic (exact) mass is 286 g/mol. The molecule has 0 aliphatic heterocycles. The fourth-order valence-electron chi connectivity index (χ4n) is 2.09. The molecular weight excluding hydrogens is 268 g/mol. The highest BCUT2D eigenvalue weighted by Gasteiger charge is 2.11. The Morgan fingerprint density at radius 2 is 1.80 bits per heavy atom. The van der Waals surface area contributed by atoms with Crippen molar-refractivity contribution < 1.29 is 9.90 Å². The Hall–Kier alpha value is -1.58. The summed E-state index contributed by atoms with van der Waals surface area (Å²) >= 11 is 1.58. The molecule has 0 aromatic heterocycles. The largest absolute Gasteiger partial charge is 0.396 e. The molecule has 2 nitrogen and oxygen atoms in total. The van der Waals surface area contributed by atoms with Gasteiger partial charge in [-0.3, -0.25) is 4.79 Å². The first-order valence-corrected chi connectivity index (χ1v) is 7.56. The Balaban J connectivity index is 2.20. The summed E-state index contributed by atoms with van der Waals surface area (Å²) in [5.41, 5.74) is 3.63. The van der Waals surface area contributed by atoms with E-state index < -0.39 is 0 Å². The maximum Gasteiger partial charge on any atom is 0.193 e. The topological polar surface area (TPSA) is 37.3 Å². The van der Waals surface area contributed by atoms with Crippen molar-refractivity contribution in [3.8, 4) is 0 Å². The molecule has 0 bridgehead atoms. The molecular formula is C17H18O2S. The number of aliphatic hydroxyl groups is 1. The lowest BCUT2D eigenvalue weighted by Crippen LogP contribution is -2.03. The van der Waals surface area contributed by atoms with Gasteiger partial charge >= 0.3 is 0 Å². The van der Waals surface area contributed by atoms with E-state index in [4.69, 9.17) is 5.11 Å². The van der Waals surface area contributed by atoms with E-state index >= 15 is 0 Å². The van der Waals surface area contributed by atoms with E-state index in [0.29, 0.717) is 11.3 Å². The Bertz CT molecular complexity index is 603. The van der Waals surface area contributed by atoms with Gasteiger partial charge in [-0.1, -0.05) is 23.8 Å². The van der Waals surface area contributed by atoms with Gasteiger partial charge in [0.1, 0.15) is 0 Å². The third-order valence-corrected chi connectivity index (χ3v) is 4.10. The summed E-state index contributed by atoms with van der Waals surface area (Å²) in [5.74, 6) is 0.728. The predicted octanol–water partition coefficient (Wildman–Crippen LogP) is 3.62. The summed E-state index contributed by atoms with van der Waals surface area (Å²) in [7, 11) is 0. The molecule has 0 saturated heterocycles. The van der Waals surface area contributed by atoms with Crippen molar-refractivity contribution in [3.63, 3.8) is 0 Å². The molecule has 2 aromatic rings. The van der Waals surface area contributed by atoms with Crippen LogP contribution in [0.3, 0.4) is 0 Å². The number of carbonyl (C=O) groups excluding carboxylic acids is 1. The van der Waals surface area contributed by atoms with Crippen LogP contribution in [0.15, 0.2) is 47.4 Å². The number of aliphatic hydroxyl groups excluding tert-OH is 1. The summed E-state index contributed by atoms with van der Waals surface area (Å²) < 4.78 is 0. The van der Waals surface area contributed by atoms with Crippen molar-refractivity contribution in [3.05, 3.63) is 64.7 Å². The van der Waals surface area contributed by atoms with Gasteiger partial charge in [-0.25, -0.2) is 0 Å². The molecule has 2 rings (SSSR count). The van der Waals surface area contributed by atoms with E-state index in [1.165, 1.54) is 0 Å². The van der Waals surface area contributed by atoms with Gasteiger partial charge in [0.2, 0.25) is 0 Å². The molecule has 104 valence electrons. The van der Waals surface area contributed by atoms with Gasteiger partial charge in [-0.2, -0.15) is 0 Å². The number of aryl methyl sites for hydroxylation is 2. The molecule has 0 radical (unpaired) electrons. The van der Waals surface area contributed by atoms with Gasteiger partial charge in [0.25, 0.3) is 0 Å². The number of thioether (sulfide) groups is 1. The lowest BCUT2D eigenvalue weighted by atomic mass is 9.98. The van der Waals surface area contributed by atoms with Crippen LogP contribution >= 0.6 is 11.8 Å². The van der Waals surface area contributed by atoms with Crippen LogP contribution in [-0.2, 0) is 0 Å². The molecule has 0 spiro atoms. The van der Waals surface area contributed by atoms with Crippen molar-refractivity contribution in [2.24, 2.45) is 0 Å². The zero-order valence-electron chi connectivity index (χ0n) is 11.7. The van der Waals surface area contributed by atoms with Crippen LogP contribution in [0.1, 0.15) is 27.0 Å². The normalized spacial score (nSPS) is 10.6. The summed E-state index contributed by atoms with van der Waals surface area (Å²) in [4.78, 5) is 13.5. The average molecular weight is 286 g/mol. The first-order valence-electron chi connectivity index (χ1n) is 6.57. The van der Waals surface area contributed by atoms with Crippen molar-refractivity contribution in [2.45, 2.75) is 18.7 Å². The first kappa shape index (κ1) is 14.8. The molecule has 0 aliphatic rings. The molecule has 0 aliphatic carbocycles. The van der Waals surface area contributed by atoms with E-state index in [9.17, 15) is 4.79 Å². The molecule has 3 heteroatoms.